The molecule has 0 amide bonds. The largest absolute Gasteiger partial charge is 0.478 e. The highest BCUT2D eigenvalue weighted by Crippen LogP contribution is 2.30. The summed E-state index contributed by atoms with van der Waals surface area (Å²) in [6.07, 6.45) is 3.69. The number of hydrogen-bond donors (Lipinski definition) is 2. The average Bonchev–Trinajstić information content (AvgIpc) is 3.28. The van der Waals surface area contributed by atoms with Gasteiger partial charge in [0.1, 0.15) is 0 Å². The number of aromatic nitrogens is 1. The molecule has 0 aliphatic carbocycles. The van der Waals surface area contributed by atoms with Crippen molar-refractivity contribution in [2.24, 2.45) is 0 Å². The zero-order valence-corrected chi connectivity index (χ0v) is 15.7. The van der Waals surface area contributed by atoms with Crippen LogP contribution in [-0.2, 0) is 0 Å². The summed E-state index contributed by atoms with van der Waals surface area (Å²) in [6, 6.07) is 16.0. The normalized spacial score (nSPS) is 14.1. The highest BCUT2D eigenvalue weighted by molar-refractivity contribution is 5.95. The molecule has 1 fully saturated rings. The molecule has 1 aliphatic heterocycles. The van der Waals surface area contributed by atoms with Gasteiger partial charge in [0, 0.05) is 44.3 Å². The van der Waals surface area contributed by atoms with Gasteiger partial charge in [-0.25, -0.2) is 9.59 Å². The Labute approximate surface area is 168 Å². The molecule has 1 aliphatic rings. The summed E-state index contributed by atoms with van der Waals surface area (Å²) in [5.41, 5.74) is 2.95. The van der Waals surface area contributed by atoms with Crippen molar-refractivity contribution in [2.75, 3.05) is 36.0 Å². The summed E-state index contributed by atoms with van der Waals surface area (Å²) >= 11 is 0. The van der Waals surface area contributed by atoms with Crippen molar-refractivity contribution in [3.8, 4) is 5.69 Å². The van der Waals surface area contributed by atoms with Crippen LogP contribution in [0.3, 0.4) is 0 Å². The van der Waals surface area contributed by atoms with Gasteiger partial charge in [-0.2, -0.15) is 0 Å². The monoisotopic (exact) mass is 391 g/mol. The lowest BCUT2D eigenvalue weighted by Crippen LogP contribution is -2.47. The molecule has 2 N–H and O–H groups in total. The minimum atomic E-state index is -0.959. The van der Waals surface area contributed by atoms with Gasteiger partial charge in [0.15, 0.2) is 0 Å². The maximum Gasteiger partial charge on any atom is 0.337 e. The zero-order chi connectivity index (χ0) is 20.4. The highest BCUT2D eigenvalue weighted by Gasteiger charge is 2.23. The number of carboxylic acid groups (broad SMARTS) is 2. The van der Waals surface area contributed by atoms with Crippen LogP contribution >= 0.6 is 0 Å². The molecule has 148 valence electrons. The Balaban J connectivity index is 1.59. The molecule has 0 radical (unpaired) electrons. The van der Waals surface area contributed by atoms with Crippen molar-refractivity contribution >= 4 is 23.3 Å². The van der Waals surface area contributed by atoms with Crippen LogP contribution in [-0.4, -0.2) is 52.9 Å². The third-order valence-corrected chi connectivity index (χ3v) is 5.19. The number of para-hydroxylation sites is 1. The Morgan fingerprint density at radius 3 is 2.07 bits per heavy atom. The van der Waals surface area contributed by atoms with Gasteiger partial charge in [-0.1, -0.05) is 12.1 Å². The van der Waals surface area contributed by atoms with Crippen LogP contribution in [0.4, 0.5) is 11.4 Å². The molecule has 0 atom stereocenters. The van der Waals surface area contributed by atoms with E-state index in [2.05, 4.69) is 9.80 Å². The predicted octanol–water partition coefficient (Wildman–Crippen LogP) is 3.20. The van der Waals surface area contributed by atoms with E-state index in [0.717, 1.165) is 11.4 Å². The Hall–Kier alpha value is -3.74. The van der Waals surface area contributed by atoms with Crippen LogP contribution in [0.15, 0.2) is 67.0 Å². The van der Waals surface area contributed by atoms with E-state index >= 15 is 0 Å². The van der Waals surface area contributed by atoms with E-state index in [9.17, 15) is 19.8 Å². The molecule has 0 unspecified atom stereocenters. The molecule has 0 saturated carbocycles. The first-order valence-electron chi connectivity index (χ1n) is 9.37. The Morgan fingerprint density at radius 1 is 0.759 bits per heavy atom. The molecular weight excluding hydrogens is 370 g/mol. The van der Waals surface area contributed by atoms with Crippen molar-refractivity contribution < 1.29 is 19.8 Å². The molecule has 1 aromatic heterocycles. The van der Waals surface area contributed by atoms with Crippen LogP contribution in [0, 0.1) is 0 Å². The molecule has 2 heterocycles. The molecule has 0 bridgehead atoms. The average molecular weight is 391 g/mol. The lowest BCUT2D eigenvalue weighted by Gasteiger charge is -2.38. The second-order valence-electron chi connectivity index (χ2n) is 6.90. The second kappa shape index (κ2) is 7.71. The molecular formula is C22H21N3O4. The lowest BCUT2D eigenvalue weighted by molar-refractivity contribution is 0.0686. The topological polar surface area (TPSA) is 86.0 Å². The van der Waals surface area contributed by atoms with Gasteiger partial charge in [0.2, 0.25) is 0 Å². The molecule has 0 spiro atoms. The third kappa shape index (κ3) is 3.67. The number of nitrogens with zero attached hydrogens (tertiary/aromatic N) is 3. The predicted molar refractivity (Wildman–Crippen MR) is 111 cm³/mol. The fourth-order valence-electron chi connectivity index (χ4n) is 3.76. The maximum atomic E-state index is 11.8. The smallest absolute Gasteiger partial charge is 0.337 e. The van der Waals surface area contributed by atoms with Crippen molar-refractivity contribution in [3.05, 3.63) is 78.1 Å². The molecule has 7 nitrogen and oxygen atoms in total. The SMILES string of the molecule is O=C(O)c1cccc(N2CCN(c3cccc(C(=O)O)c3-n3cccc3)CC2)c1. The number of hydrogen-bond acceptors (Lipinski definition) is 4. The number of carboxylic acids is 2. The third-order valence-electron chi connectivity index (χ3n) is 5.19. The number of benzene rings is 2. The quantitative estimate of drug-likeness (QED) is 0.695. The van der Waals surface area contributed by atoms with Gasteiger partial charge in [-0.3, -0.25) is 0 Å². The summed E-state index contributed by atoms with van der Waals surface area (Å²) in [5, 5.41) is 18.9. The molecule has 3 aromatic rings. The summed E-state index contributed by atoms with van der Waals surface area (Å²) in [5.74, 6) is -1.90. The van der Waals surface area contributed by atoms with Gasteiger partial charge in [-0.05, 0) is 42.5 Å². The first-order valence-corrected chi connectivity index (χ1v) is 9.37. The minimum absolute atomic E-state index is 0.260. The number of carbonyl (C=O) groups is 2. The molecule has 2 aromatic carbocycles. The minimum Gasteiger partial charge on any atom is -0.478 e. The van der Waals surface area contributed by atoms with E-state index in [1.54, 1.807) is 30.3 Å². The Kier molecular flexibility index (Phi) is 4.95. The van der Waals surface area contributed by atoms with E-state index in [-0.39, 0.29) is 11.1 Å². The van der Waals surface area contributed by atoms with Crippen LogP contribution < -0.4 is 9.80 Å². The maximum absolute atomic E-state index is 11.8. The van der Waals surface area contributed by atoms with Crippen molar-refractivity contribution in [1.82, 2.24) is 4.57 Å². The van der Waals surface area contributed by atoms with E-state index in [0.29, 0.717) is 31.9 Å². The summed E-state index contributed by atoms with van der Waals surface area (Å²) in [7, 11) is 0. The molecule has 4 rings (SSSR count). The van der Waals surface area contributed by atoms with Crippen LogP contribution in [0.25, 0.3) is 5.69 Å². The van der Waals surface area contributed by atoms with Gasteiger partial charge >= 0.3 is 11.9 Å². The van der Waals surface area contributed by atoms with E-state index in [1.165, 1.54) is 0 Å². The van der Waals surface area contributed by atoms with Gasteiger partial charge in [0.05, 0.1) is 22.5 Å². The van der Waals surface area contributed by atoms with Crippen molar-refractivity contribution in [1.29, 1.82) is 0 Å². The highest BCUT2D eigenvalue weighted by atomic mass is 16.4. The standard InChI is InChI=1S/C22H21N3O4/c26-21(27)16-5-3-6-17(15-16)23-11-13-24(14-12-23)19-8-4-7-18(22(28)29)20(19)25-9-1-2-10-25/h1-10,15H,11-14H2,(H,26,27)(H,28,29). The number of aromatic carboxylic acids is 2. The Bertz CT molecular complexity index is 1040. The molecule has 7 heteroatoms. The first-order chi connectivity index (χ1) is 14.0. The molecule has 29 heavy (non-hydrogen) atoms. The summed E-state index contributed by atoms with van der Waals surface area (Å²) in [4.78, 5) is 27.4. The molecule has 1 saturated heterocycles. The van der Waals surface area contributed by atoms with Crippen molar-refractivity contribution in [3.63, 3.8) is 0 Å². The van der Waals surface area contributed by atoms with Gasteiger partial charge < -0.3 is 24.6 Å². The summed E-state index contributed by atoms with van der Waals surface area (Å²) < 4.78 is 1.83. The Morgan fingerprint density at radius 2 is 1.41 bits per heavy atom. The lowest BCUT2D eigenvalue weighted by atomic mass is 10.1. The number of rotatable bonds is 5. The van der Waals surface area contributed by atoms with E-state index in [4.69, 9.17) is 0 Å². The van der Waals surface area contributed by atoms with E-state index in [1.807, 2.05) is 41.2 Å². The van der Waals surface area contributed by atoms with Gasteiger partial charge in [-0.15, -0.1) is 0 Å². The first kappa shape index (κ1) is 18.6. The van der Waals surface area contributed by atoms with Crippen molar-refractivity contribution in [2.45, 2.75) is 0 Å². The number of piperazine rings is 1. The van der Waals surface area contributed by atoms with Crippen LogP contribution in [0.5, 0.6) is 0 Å². The van der Waals surface area contributed by atoms with E-state index < -0.39 is 11.9 Å². The summed E-state index contributed by atoms with van der Waals surface area (Å²) in [6.45, 7) is 2.83. The van der Waals surface area contributed by atoms with Crippen LogP contribution in [0.1, 0.15) is 20.7 Å². The van der Waals surface area contributed by atoms with Crippen LogP contribution in [0.2, 0.25) is 0 Å². The zero-order valence-electron chi connectivity index (χ0n) is 15.7. The second-order valence-corrected chi connectivity index (χ2v) is 6.90. The number of anilines is 2. The fraction of sp³-hybridized carbons (Fsp3) is 0.182. The van der Waals surface area contributed by atoms with Gasteiger partial charge in [0.25, 0.3) is 0 Å². The fourth-order valence-corrected chi connectivity index (χ4v) is 3.76.